The monoisotopic (exact) mass is 348 g/mol. The molecule has 1 heterocycles. The molecule has 1 aliphatic heterocycles. The zero-order valence-electron chi connectivity index (χ0n) is 11.5. The van der Waals surface area contributed by atoms with E-state index in [2.05, 4.69) is 38.3 Å². The lowest BCUT2D eigenvalue weighted by molar-refractivity contribution is 0.186. The number of benzene rings is 1. The Balaban J connectivity index is 0.00000180. The van der Waals surface area contributed by atoms with E-state index in [0.717, 1.165) is 23.3 Å². The number of piperidine rings is 1. The van der Waals surface area contributed by atoms with Crippen LogP contribution in [0.2, 0.25) is 0 Å². The summed E-state index contributed by atoms with van der Waals surface area (Å²) in [5.41, 5.74) is 1.25. The summed E-state index contributed by atoms with van der Waals surface area (Å²) in [6.07, 6.45) is 2.55. The second-order valence-corrected chi connectivity index (χ2v) is 5.65. The summed E-state index contributed by atoms with van der Waals surface area (Å²) in [7, 11) is 3.78. The molecule has 1 N–H and O–H groups in total. The number of likely N-dealkylation sites (N-methyl/N-ethyl adjacent to an activating group) is 1. The lowest BCUT2D eigenvalue weighted by Gasteiger charge is -2.32. The van der Waals surface area contributed by atoms with Crippen LogP contribution in [0, 0.1) is 0 Å². The first kappa shape index (κ1) is 16.8. The Morgan fingerprint density at radius 1 is 1.47 bits per heavy atom. The Kier molecular flexibility index (Phi) is 7.15. The van der Waals surface area contributed by atoms with Gasteiger partial charge in [0.05, 0.1) is 11.6 Å². The van der Waals surface area contributed by atoms with E-state index in [1.165, 1.54) is 24.9 Å². The molecule has 1 fully saturated rings. The molecule has 1 aromatic rings. The number of hydrogen-bond acceptors (Lipinski definition) is 3. The Morgan fingerprint density at radius 2 is 2.26 bits per heavy atom. The highest BCUT2D eigenvalue weighted by atomic mass is 79.9. The molecule has 108 valence electrons. The minimum atomic E-state index is 0. The highest BCUT2D eigenvalue weighted by Crippen LogP contribution is 2.30. The van der Waals surface area contributed by atoms with Gasteiger partial charge in [0.25, 0.3) is 0 Å². The second-order valence-electron chi connectivity index (χ2n) is 4.80. The maximum atomic E-state index is 5.48. The van der Waals surface area contributed by atoms with Crippen molar-refractivity contribution in [1.82, 2.24) is 10.2 Å². The van der Waals surface area contributed by atoms with Gasteiger partial charge in [-0.05, 0) is 48.4 Å². The molecule has 0 aromatic heterocycles. The summed E-state index contributed by atoms with van der Waals surface area (Å²) in [6.45, 7) is 3.25. The predicted octanol–water partition coefficient (Wildman–Crippen LogP) is 3.06. The van der Waals surface area contributed by atoms with Crippen LogP contribution in [0.5, 0.6) is 5.75 Å². The predicted molar refractivity (Wildman–Crippen MR) is 85.3 cm³/mol. The van der Waals surface area contributed by atoms with Crippen LogP contribution in [0.1, 0.15) is 18.4 Å². The third-order valence-corrected chi connectivity index (χ3v) is 4.18. The summed E-state index contributed by atoms with van der Waals surface area (Å²) in [6, 6.07) is 6.86. The van der Waals surface area contributed by atoms with Gasteiger partial charge < -0.3 is 10.1 Å². The molecule has 3 nitrogen and oxygen atoms in total. The topological polar surface area (TPSA) is 24.5 Å². The molecule has 0 spiro atoms. The smallest absolute Gasteiger partial charge is 0.137 e. The number of methoxy groups -OCH3 is 1. The van der Waals surface area contributed by atoms with Gasteiger partial charge >= 0.3 is 0 Å². The average Bonchev–Trinajstić information content (AvgIpc) is 2.39. The van der Waals surface area contributed by atoms with Crippen LogP contribution < -0.4 is 10.1 Å². The quantitative estimate of drug-likeness (QED) is 0.904. The largest absolute Gasteiger partial charge is 0.495 e. The van der Waals surface area contributed by atoms with Gasteiger partial charge in [-0.1, -0.05) is 12.1 Å². The molecule has 0 bridgehead atoms. The molecule has 1 aromatic carbocycles. The average molecular weight is 350 g/mol. The second kappa shape index (κ2) is 8.10. The number of hydrogen-bond donors (Lipinski definition) is 1. The van der Waals surface area contributed by atoms with Gasteiger partial charge in [-0.3, -0.25) is 4.90 Å². The van der Waals surface area contributed by atoms with Crippen LogP contribution in [-0.4, -0.2) is 38.2 Å². The van der Waals surface area contributed by atoms with Gasteiger partial charge in [0.1, 0.15) is 5.75 Å². The molecule has 0 amide bonds. The van der Waals surface area contributed by atoms with Crippen LogP contribution in [0.15, 0.2) is 22.7 Å². The van der Waals surface area contributed by atoms with Crippen molar-refractivity contribution in [1.29, 1.82) is 0 Å². The number of rotatable bonds is 4. The molecule has 19 heavy (non-hydrogen) atoms. The number of nitrogens with zero attached hydrogens (tertiary/aromatic N) is 1. The van der Waals surface area contributed by atoms with Crippen molar-refractivity contribution in [3.8, 4) is 5.75 Å². The van der Waals surface area contributed by atoms with Crippen molar-refractivity contribution in [2.75, 3.05) is 27.2 Å². The van der Waals surface area contributed by atoms with E-state index in [0.29, 0.717) is 6.04 Å². The molecule has 2 rings (SSSR count). The lowest BCUT2D eigenvalue weighted by atomic mass is 10.0. The van der Waals surface area contributed by atoms with Crippen LogP contribution in [-0.2, 0) is 6.54 Å². The Morgan fingerprint density at radius 3 is 2.95 bits per heavy atom. The van der Waals surface area contributed by atoms with Crippen LogP contribution in [0.25, 0.3) is 0 Å². The minimum Gasteiger partial charge on any atom is -0.495 e. The van der Waals surface area contributed by atoms with Crippen LogP contribution in [0.3, 0.4) is 0 Å². The number of halogens is 2. The Labute approximate surface area is 130 Å². The van der Waals surface area contributed by atoms with Crippen molar-refractivity contribution >= 4 is 28.3 Å². The van der Waals surface area contributed by atoms with Crippen molar-refractivity contribution in [3.63, 3.8) is 0 Å². The highest BCUT2D eigenvalue weighted by molar-refractivity contribution is 9.10. The number of likely N-dealkylation sites (tertiary alicyclic amines) is 1. The van der Waals surface area contributed by atoms with E-state index < -0.39 is 0 Å². The van der Waals surface area contributed by atoms with E-state index in [4.69, 9.17) is 4.74 Å². The Hall–Kier alpha value is -0.290. The van der Waals surface area contributed by atoms with Crippen molar-refractivity contribution in [2.24, 2.45) is 0 Å². The molecular formula is C14H22BrClN2O. The minimum absolute atomic E-state index is 0. The van der Waals surface area contributed by atoms with Gasteiger partial charge in [0, 0.05) is 24.7 Å². The Bertz CT molecular complexity index is 403. The van der Waals surface area contributed by atoms with Crippen molar-refractivity contribution < 1.29 is 4.74 Å². The molecule has 1 saturated heterocycles. The zero-order chi connectivity index (χ0) is 13.0. The van der Waals surface area contributed by atoms with E-state index in [1.54, 1.807) is 7.11 Å². The lowest BCUT2D eigenvalue weighted by Crippen LogP contribution is -2.43. The highest BCUT2D eigenvalue weighted by Gasteiger charge is 2.19. The third kappa shape index (κ3) is 4.35. The fourth-order valence-corrected chi connectivity index (χ4v) is 3.15. The van der Waals surface area contributed by atoms with Crippen LogP contribution >= 0.6 is 28.3 Å². The number of ether oxygens (including phenoxy) is 1. The zero-order valence-corrected chi connectivity index (χ0v) is 13.9. The van der Waals surface area contributed by atoms with Crippen molar-refractivity contribution in [2.45, 2.75) is 25.4 Å². The van der Waals surface area contributed by atoms with Crippen molar-refractivity contribution in [3.05, 3.63) is 28.2 Å². The fraction of sp³-hybridized carbons (Fsp3) is 0.571. The van der Waals surface area contributed by atoms with Gasteiger partial charge in [0.15, 0.2) is 0 Å². The number of para-hydroxylation sites is 1. The number of nitrogens with one attached hydrogen (secondary N) is 1. The first-order chi connectivity index (χ1) is 8.74. The summed E-state index contributed by atoms with van der Waals surface area (Å²) in [5, 5.41) is 3.38. The maximum Gasteiger partial charge on any atom is 0.137 e. The maximum absolute atomic E-state index is 5.48. The molecule has 1 aliphatic rings. The molecule has 1 atom stereocenters. The molecular weight excluding hydrogens is 328 g/mol. The van der Waals surface area contributed by atoms with Crippen LogP contribution in [0.4, 0.5) is 0 Å². The summed E-state index contributed by atoms with van der Waals surface area (Å²) < 4.78 is 6.51. The van der Waals surface area contributed by atoms with Gasteiger partial charge in [0.2, 0.25) is 0 Å². The first-order valence-corrected chi connectivity index (χ1v) is 7.25. The van der Waals surface area contributed by atoms with E-state index in [-0.39, 0.29) is 12.4 Å². The molecule has 5 heteroatoms. The van der Waals surface area contributed by atoms with E-state index in [1.807, 2.05) is 13.1 Å². The first-order valence-electron chi connectivity index (χ1n) is 6.45. The molecule has 0 radical (unpaired) electrons. The third-order valence-electron chi connectivity index (χ3n) is 3.56. The standard InChI is InChI=1S/C14H21BrN2O.ClH/c1-16-12-6-4-8-17(10-12)9-11-5-3-7-13(15)14(11)18-2;/h3,5,7,12,16H,4,6,8-10H2,1-2H3;1H. The molecule has 0 saturated carbocycles. The fourth-order valence-electron chi connectivity index (χ4n) is 2.58. The van der Waals surface area contributed by atoms with Gasteiger partial charge in [-0.2, -0.15) is 0 Å². The molecule has 0 aliphatic carbocycles. The van der Waals surface area contributed by atoms with E-state index in [9.17, 15) is 0 Å². The summed E-state index contributed by atoms with van der Waals surface area (Å²) in [5.74, 6) is 0.962. The van der Waals surface area contributed by atoms with Gasteiger partial charge in [-0.25, -0.2) is 0 Å². The summed E-state index contributed by atoms with van der Waals surface area (Å²) >= 11 is 3.54. The SMILES string of the molecule is CNC1CCCN(Cc2cccc(Br)c2OC)C1.Cl. The van der Waals surface area contributed by atoms with E-state index >= 15 is 0 Å². The van der Waals surface area contributed by atoms with Gasteiger partial charge in [-0.15, -0.1) is 12.4 Å². The summed E-state index contributed by atoms with van der Waals surface area (Å²) in [4.78, 5) is 2.50. The normalized spacial score (nSPS) is 19.8. The molecule has 1 unspecified atom stereocenters.